The number of rotatable bonds is 3. The summed E-state index contributed by atoms with van der Waals surface area (Å²) in [6.07, 6.45) is 7.01. The van der Waals surface area contributed by atoms with E-state index in [2.05, 4.69) is 53.1 Å². The van der Waals surface area contributed by atoms with Crippen molar-refractivity contribution in [2.24, 2.45) is 4.99 Å². The first kappa shape index (κ1) is 21.4. The molecule has 0 unspecified atom stereocenters. The number of guanidine groups is 1. The molecule has 0 bridgehead atoms. The Bertz CT molecular complexity index is 370. The Balaban J connectivity index is 0.00000264. The van der Waals surface area contributed by atoms with Crippen molar-refractivity contribution in [1.82, 2.24) is 15.5 Å². The third kappa shape index (κ3) is 6.98. The molecule has 1 heterocycles. The maximum atomic E-state index is 4.52. The van der Waals surface area contributed by atoms with Gasteiger partial charge in [0, 0.05) is 49.3 Å². The van der Waals surface area contributed by atoms with E-state index < -0.39 is 0 Å². The van der Waals surface area contributed by atoms with Gasteiger partial charge in [-0.2, -0.15) is 11.8 Å². The van der Waals surface area contributed by atoms with Crippen molar-refractivity contribution in [1.29, 1.82) is 0 Å². The Morgan fingerprint density at radius 3 is 2.48 bits per heavy atom. The fourth-order valence-corrected chi connectivity index (χ4v) is 5.04. The van der Waals surface area contributed by atoms with Crippen molar-refractivity contribution in [3.63, 3.8) is 0 Å². The minimum atomic E-state index is 0. The smallest absolute Gasteiger partial charge is 0.193 e. The normalized spacial score (nSPS) is 21.9. The van der Waals surface area contributed by atoms with Crippen molar-refractivity contribution in [2.75, 3.05) is 39.0 Å². The highest BCUT2D eigenvalue weighted by Crippen LogP contribution is 2.42. The predicted octanol–water partition coefficient (Wildman–Crippen LogP) is 3.32. The maximum absolute atomic E-state index is 4.52. The highest BCUT2D eigenvalue weighted by molar-refractivity contribution is 14.0. The molecule has 0 aromatic heterocycles. The van der Waals surface area contributed by atoms with Gasteiger partial charge in [-0.05, 0) is 33.6 Å². The van der Waals surface area contributed by atoms with E-state index >= 15 is 0 Å². The van der Waals surface area contributed by atoms with Gasteiger partial charge in [0.25, 0.3) is 0 Å². The van der Waals surface area contributed by atoms with Gasteiger partial charge in [-0.3, -0.25) is 4.99 Å². The summed E-state index contributed by atoms with van der Waals surface area (Å²) in [4.78, 5) is 7.00. The van der Waals surface area contributed by atoms with E-state index in [1.165, 1.54) is 44.4 Å². The second-order valence-electron chi connectivity index (χ2n) is 7.66. The lowest BCUT2D eigenvalue weighted by molar-refractivity contribution is 0.293. The largest absolute Gasteiger partial charge is 0.355 e. The van der Waals surface area contributed by atoms with Crippen LogP contribution in [0.2, 0.25) is 0 Å². The van der Waals surface area contributed by atoms with Gasteiger partial charge in [0.15, 0.2) is 5.96 Å². The zero-order valence-corrected chi connectivity index (χ0v) is 18.4. The van der Waals surface area contributed by atoms with Crippen molar-refractivity contribution < 1.29 is 0 Å². The SMILES string of the molecule is CN=C(NCCNC(C)(C)C)N1CCSC2(CCCCC2)C1.I. The molecule has 1 saturated carbocycles. The van der Waals surface area contributed by atoms with E-state index in [9.17, 15) is 0 Å². The summed E-state index contributed by atoms with van der Waals surface area (Å²) < 4.78 is 0.498. The molecule has 1 aliphatic carbocycles. The highest BCUT2D eigenvalue weighted by atomic mass is 127. The van der Waals surface area contributed by atoms with Crippen molar-refractivity contribution in [3.8, 4) is 0 Å². The van der Waals surface area contributed by atoms with Crippen LogP contribution in [-0.4, -0.2) is 60.1 Å². The molecular weight excluding hydrogens is 419 g/mol. The molecule has 2 fully saturated rings. The third-order valence-corrected chi connectivity index (χ3v) is 6.12. The Morgan fingerprint density at radius 2 is 1.87 bits per heavy atom. The summed E-state index contributed by atoms with van der Waals surface area (Å²) in [5.74, 6) is 2.32. The monoisotopic (exact) mass is 454 g/mol. The summed E-state index contributed by atoms with van der Waals surface area (Å²) in [6.45, 7) is 10.8. The van der Waals surface area contributed by atoms with Gasteiger partial charge in [0.1, 0.15) is 0 Å². The summed E-state index contributed by atoms with van der Waals surface area (Å²) in [7, 11) is 1.91. The van der Waals surface area contributed by atoms with Crippen LogP contribution in [0.4, 0.5) is 0 Å². The number of nitrogens with one attached hydrogen (secondary N) is 2. The average molecular weight is 454 g/mol. The van der Waals surface area contributed by atoms with Gasteiger partial charge < -0.3 is 15.5 Å². The van der Waals surface area contributed by atoms with Crippen LogP contribution < -0.4 is 10.6 Å². The molecule has 0 aromatic carbocycles. The first-order valence-electron chi connectivity index (χ1n) is 8.79. The standard InChI is InChI=1S/C17H34N4S.HI/c1-16(2,3)20-11-10-19-15(18-4)21-12-13-22-17(14-21)8-6-5-7-9-17;/h20H,5-14H2,1-4H3,(H,18,19);1H. The summed E-state index contributed by atoms with van der Waals surface area (Å²) in [5, 5.41) is 7.06. The molecule has 23 heavy (non-hydrogen) atoms. The molecule has 0 aromatic rings. The van der Waals surface area contributed by atoms with E-state index in [0.717, 1.165) is 25.6 Å². The van der Waals surface area contributed by atoms with Gasteiger partial charge in [-0.25, -0.2) is 0 Å². The third-order valence-electron chi connectivity index (χ3n) is 4.59. The number of hydrogen-bond acceptors (Lipinski definition) is 3. The highest BCUT2D eigenvalue weighted by Gasteiger charge is 2.38. The molecular formula is C17H35IN4S. The second kappa shape index (κ2) is 9.70. The molecule has 0 radical (unpaired) electrons. The zero-order valence-electron chi connectivity index (χ0n) is 15.3. The number of hydrogen-bond donors (Lipinski definition) is 2. The minimum Gasteiger partial charge on any atom is -0.355 e. The molecule has 2 N–H and O–H groups in total. The van der Waals surface area contributed by atoms with Crippen molar-refractivity contribution in [2.45, 2.75) is 63.2 Å². The topological polar surface area (TPSA) is 39.7 Å². The molecule has 2 rings (SSSR count). The van der Waals surface area contributed by atoms with E-state index in [4.69, 9.17) is 0 Å². The molecule has 136 valence electrons. The van der Waals surface area contributed by atoms with E-state index in [1.807, 2.05) is 7.05 Å². The van der Waals surface area contributed by atoms with Crippen LogP contribution in [-0.2, 0) is 0 Å². The molecule has 0 atom stereocenters. The molecule has 2 aliphatic rings. The van der Waals surface area contributed by atoms with E-state index in [0.29, 0.717) is 4.75 Å². The molecule has 1 spiro atoms. The predicted molar refractivity (Wildman–Crippen MR) is 114 cm³/mol. The van der Waals surface area contributed by atoms with Crippen LogP contribution >= 0.6 is 35.7 Å². The lowest BCUT2D eigenvalue weighted by atomic mass is 9.87. The van der Waals surface area contributed by atoms with Crippen LogP contribution in [0.1, 0.15) is 52.9 Å². The Morgan fingerprint density at radius 1 is 1.17 bits per heavy atom. The van der Waals surface area contributed by atoms with Gasteiger partial charge in [-0.1, -0.05) is 19.3 Å². The second-order valence-corrected chi connectivity index (χ2v) is 9.23. The number of halogens is 1. The lowest BCUT2D eigenvalue weighted by Crippen LogP contribution is -2.54. The van der Waals surface area contributed by atoms with Gasteiger partial charge in [0.2, 0.25) is 0 Å². The average Bonchev–Trinajstić information content (AvgIpc) is 2.47. The van der Waals surface area contributed by atoms with Crippen LogP contribution in [0.5, 0.6) is 0 Å². The fourth-order valence-electron chi connectivity index (χ4n) is 3.47. The lowest BCUT2D eigenvalue weighted by Gasteiger charge is -2.45. The van der Waals surface area contributed by atoms with Gasteiger partial charge >= 0.3 is 0 Å². The Labute approximate surface area is 164 Å². The Kier molecular flexibility index (Phi) is 9.01. The molecule has 0 amide bonds. The van der Waals surface area contributed by atoms with E-state index in [1.54, 1.807) is 0 Å². The van der Waals surface area contributed by atoms with Crippen LogP contribution in [0.3, 0.4) is 0 Å². The first-order chi connectivity index (χ1) is 10.4. The minimum absolute atomic E-state index is 0. The first-order valence-corrected chi connectivity index (χ1v) is 9.77. The number of aliphatic imine (C=N–C) groups is 1. The zero-order chi connectivity index (χ0) is 16.1. The molecule has 1 saturated heterocycles. The number of nitrogens with zero attached hydrogens (tertiary/aromatic N) is 2. The van der Waals surface area contributed by atoms with Gasteiger partial charge in [-0.15, -0.1) is 24.0 Å². The summed E-state index contributed by atoms with van der Waals surface area (Å²) in [6, 6.07) is 0. The van der Waals surface area contributed by atoms with Crippen LogP contribution in [0, 0.1) is 0 Å². The van der Waals surface area contributed by atoms with E-state index in [-0.39, 0.29) is 29.5 Å². The van der Waals surface area contributed by atoms with Crippen molar-refractivity contribution in [3.05, 3.63) is 0 Å². The maximum Gasteiger partial charge on any atom is 0.193 e. The van der Waals surface area contributed by atoms with Crippen LogP contribution in [0.15, 0.2) is 4.99 Å². The molecule has 4 nitrogen and oxygen atoms in total. The Hall–Kier alpha value is 0.310. The quantitative estimate of drug-likeness (QED) is 0.297. The molecule has 1 aliphatic heterocycles. The fraction of sp³-hybridized carbons (Fsp3) is 0.941. The molecule has 6 heteroatoms. The van der Waals surface area contributed by atoms with Crippen molar-refractivity contribution >= 4 is 41.7 Å². The van der Waals surface area contributed by atoms with Gasteiger partial charge in [0.05, 0.1) is 0 Å². The number of thioether (sulfide) groups is 1. The van der Waals surface area contributed by atoms with Crippen LogP contribution in [0.25, 0.3) is 0 Å². The summed E-state index contributed by atoms with van der Waals surface area (Å²) in [5.41, 5.74) is 0.180. The summed E-state index contributed by atoms with van der Waals surface area (Å²) >= 11 is 2.21.